The number of carbonyl (C=O) groups is 3. The fourth-order valence-corrected chi connectivity index (χ4v) is 5.15. The van der Waals surface area contributed by atoms with Crippen LogP contribution in [0.4, 0.5) is 4.39 Å². The molecule has 2 fully saturated rings. The van der Waals surface area contributed by atoms with Gasteiger partial charge >= 0.3 is 0 Å². The molecule has 2 aromatic carbocycles. The number of aromatic nitrogens is 1. The molecule has 1 atom stereocenters. The van der Waals surface area contributed by atoms with Crippen LogP contribution in [-0.4, -0.2) is 64.0 Å². The summed E-state index contributed by atoms with van der Waals surface area (Å²) in [6, 6.07) is 17.4. The van der Waals surface area contributed by atoms with Crippen LogP contribution in [0, 0.1) is 12.7 Å². The van der Waals surface area contributed by atoms with Crippen LogP contribution in [0.2, 0.25) is 0 Å². The predicted octanol–water partition coefficient (Wildman–Crippen LogP) is 3.32. The lowest BCUT2D eigenvalue weighted by Crippen LogP contribution is -2.59. The molecule has 2 saturated heterocycles. The van der Waals surface area contributed by atoms with E-state index >= 15 is 0 Å². The van der Waals surface area contributed by atoms with E-state index in [0.717, 1.165) is 5.56 Å². The van der Waals surface area contributed by atoms with Crippen molar-refractivity contribution in [3.8, 4) is 0 Å². The van der Waals surface area contributed by atoms with Crippen molar-refractivity contribution >= 4 is 17.7 Å². The zero-order valence-electron chi connectivity index (χ0n) is 21.1. The smallest absolute Gasteiger partial charge is 0.256 e. The van der Waals surface area contributed by atoms with Gasteiger partial charge in [0.15, 0.2) is 0 Å². The lowest BCUT2D eigenvalue weighted by molar-refractivity contribution is -0.128. The van der Waals surface area contributed by atoms with E-state index in [1.54, 1.807) is 40.3 Å². The molecular weight excluding hydrogens is 487 g/mol. The topological polar surface area (TPSA) is 91.8 Å². The normalized spacial score (nSPS) is 18.4. The molecule has 1 N–H and O–H groups in total. The molecule has 1 aromatic heterocycles. The first-order valence-electron chi connectivity index (χ1n) is 12.6. The molecule has 5 rings (SSSR count). The first-order chi connectivity index (χ1) is 18.4. The van der Waals surface area contributed by atoms with Gasteiger partial charge in [-0.3, -0.25) is 24.3 Å². The standard InChI is InChI=1S/C29H29FN4O4/c1-20-6-4-7-21(16-20)28(37)34-25(26(35)32-18-24-10-2-3-13-31-24)19-38-29(34)11-14-33(15-12-29)27(36)22-8-5-9-23(30)17-22/h2-10,13,16-17,25H,11-12,14-15,18-19H2,1H3,(H,32,35)/t25-/m1/s1. The number of hydrogen-bond donors (Lipinski definition) is 1. The summed E-state index contributed by atoms with van der Waals surface area (Å²) in [6.45, 7) is 2.78. The summed E-state index contributed by atoms with van der Waals surface area (Å²) in [4.78, 5) is 47.6. The second-order valence-corrected chi connectivity index (χ2v) is 9.66. The highest BCUT2D eigenvalue weighted by atomic mass is 19.1. The molecule has 2 aliphatic rings. The zero-order valence-corrected chi connectivity index (χ0v) is 21.1. The van der Waals surface area contributed by atoms with Crippen LogP contribution in [0.3, 0.4) is 0 Å². The first-order valence-corrected chi connectivity index (χ1v) is 12.6. The average Bonchev–Trinajstić information content (AvgIpc) is 3.30. The van der Waals surface area contributed by atoms with Gasteiger partial charge in [-0.1, -0.05) is 29.8 Å². The lowest BCUT2D eigenvalue weighted by Gasteiger charge is -2.44. The Morgan fingerprint density at radius 2 is 1.74 bits per heavy atom. The van der Waals surface area contributed by atoms with Crippen LogP contribution in [0.5, 0.6) is 0 Å². The third-order valence-electron chi connectivity index (χ3n) is 7.12. The maximum atomic E-state index is 13.9. The fraction of sp³-hybridized carbons (Fsp3) is 0.310. The highest BCUT2D eigenvalue weighted by Gasteiger charge is 2.54. The molecular formula is C29H29FN4O4. The Morgan fingerprint density at radius 3 is 2.42 bits per heavy atom. The molecule has 3 aromatic rings. The molecule has 0 unspecified atom stereocenters. The van der Waals surface area contributed by atoms with Gasteiger partial charge in [-0.05, 0) is 49.4 Å². The van der Waals surface area contributed by atoms with Gasteiger partial charge in [-0.2, -0.15) is 0 Å². The number of amides is 3. The number of halogens is 1. The van der Waals surface area contributed by atoms with Crippen molar-refractivity contribution in [1.82, 2.24) is 20.1 Å². The van der Waals surface area contributed by atoms with Crippen LogP contribution < -0.4 is 5.32 Å². The fourth-order valence-electron chi connectivity index (χ4n) is 5.15. The van der Waals surface area contributed by atoms with E-state index in [-0.39, 0.29) is 36.4 Å². The van der Waals surface area contributed by atoms with Crippen LogP contribution >= 0.6 is 0 Å². The van der Waals surface area contributed by atoms with E-state index in [0.29, 0.717) is 37.2 Å². The van der Waals surface area contributed by atoms with Gasteiger partial charge in [-0.15, -0.1) is 0 Å². The van der Waals surface area contributed by atoms with Crippen LogP contribution in [0.1, 0.15) is 44.8 Å². The van der Waals surface area contributed by atoms with Gasteiger partial charge in [0.2, 0.25) is 5.91 Å². The molecule has 8 nitrogen and oxygen atoms in total. The SMILES string of the molecule is Cc1cccc(C(=O)N2[C@@H](C(=O)NCc3ccccn3)COC23CCN(C(=O)c2cccc(F)c2)CC3)c1. The highest BCUT2D eigenvalue weighted by molar-refractivity contribution is 5.99. The van der Waals surface area contributed by atoms with Crippen molar-refractivity contribution in [3.05, 3.63) is 101 Å². The quantitative estimate of drug-likeness (QED) is 0.562. The van der Waals surface area contributed by atoms with E-state index < -0.39 is 17.6 Å². The number of piperidine rings is 1. The zero-order chi connectivity index (χ0) is 26.7. The number of carbonyl (C=O) groups excluding carboxylic acids is 3. The average molecular weight is 517 g/mol. The van der Waals surface area contributed by atoms with Crippen molar-refractivity contribution in [2.24, 2.45) is 0 Å². The van der Waals surface area contributed by atoms with Crippen LogP contribution in [0.15, 0.2) is 72.9 Å². The monoisotopic (exact) mass is 516 g/mol. The van der Waals surface area contributed by atoms with Crippen molar-refractivity contribution in [3.63, 3.8) is 0 Å². The minimum Gasteiger partial charge on any atom is -0.353 e. The van der Waals surface area contributed by atoms with E-state index in [4.69, 9.17) is 4.74 Å². The molecule has 3 amide bonds. The number of benzene rings is 2. The minimum atomic E-state index is -1.04. The minimum absolute atomic E-state index is 0.0451. The third kappa shape index (κ3) is 5.15. The number of nitrogens with zero attached hydrogens (tertiary/aromatic N) is 3. The van der Waals surface area contributed by atoms with Gasteiger partial charge in [0.1, 0.15) is 17.6 Å². The molecule has 0 aliphatic carbocycles. The number of pyridine rings is 1. The van der Waals surface area contributed by atoms with Gasteiger partial charge in [-0.25, -0.2) is 4.39 Å². The van der Waals surface area contributed by atoms with E-state index in [1.807, 2.05) is 31.2 Å². The van der Waals surface area contributed by atoms with Gasteiger partial charge in [0.05, 0.1) is 18.8 Å². The lowest BCUT2D eigenvalue weighted by atomic mass is 9.95. The van der Waals surface area contributed by atoms with Crippen molar-refractivity contribution in [1.29, 1.82) is 0 Å². The summed E-state index contributed by atoms with van der Waals surface area (Å²) < 4.78 is 19.9. The molecule has 38 heavy (non-hydrogen) atoms. The Morgan fingerprint density at radius 1 is 1.00 bits per heavy atom. The first kappa shape index (κ1) is 25.5. The number of likely N-dealkylation sites (tertiary alicyclic amines) is 1. The highest BCUT2D eigenvalue weighted by Crippen LogP contribution is 2.39. The Kier molecular flexibility index (Phi) is 7.20. The summed E-state index contributed by atoms with van der Waals surface area (Å²) in [5, 5.41) is 2.89. The Balaban J connectivity index is 1.37. The maximum absolute atomic E-state index is 13.9. The summed E-state index contributed by atoms with van der Waals surface area (Å²) in [5.74, 6) is -1.38. The largest absolute Gasteiger partial charge is 0.353 e. The van der Waals surface area contributed by atoms with Crippen LogP contribution in [0.25, 0.3) is 0 Å². The molecule has 0 radical (unpaired) electrons. The summed E-state index contributed by atoms with van der Waals surface area (Å²) in [5.41, 5.74) is 1.34. The predicted molar refractivity (Wildman–Crippen MR) is 137 cm³/mol. The molecule has 196 valence electrons. The van der Waals surface area contributed by atoms with E-state index in [1.165, 1.54) is 18.2 Å². The van der Waals surface area contributed by atoms with Crippen molar-refractivity contribution < 1.29 is 23.5 Å². The molecule has 0 saturated carbocycles. The van der Waals surface area contributed by atoms with Gasteiger partial charge in [0, 0.05) is 43.3 Å². The Bertz CT molecular complexity index is 1340. The second kappa shape index (κ2) is 10.7. The summed E-state index contributed by atoms with van der Waals surface area (Å²) in [7, 11) is 0. The summed E-state index contributed by atoms with van der Waals surface area (Å²) >= 11 is 0. The molecule has 3 heterocycles. The van der Waals surface area contributed by atoms with Gasteiger partial charge < -0.3 is 15.0 Å². The van der Waals surface area contributed by atoms with Crippen LogP contribution in [-0.2, 0) is 16.1 Å². The maximum Gasteiger partial charge on any atom is 0.256 e. The third-order valence-corrected chi connectivity index (χ3v) is 7.12. The number of nitrogens with one attached hydrogen (secondary N) is 1. The molecule has 9 heteroatoms. The number of rotatable bonds is 5. The Labute approximate surface area is 220 Å². The van der Waals surface area contributed by atoms with Crippen molar-refractivity contribution in [2.45, 2.75) is 38.1 Å². The van der Waals surface area contributed by atoms with Crippen molar-refractivity contribution in [2.75, 3.05) is 19.7 Å². The second-order valence-electron chi connectivity index (χ2n) is 9.66. The van der Waals surface area contributed by atoms with Gasteiger partial charge in [0.25, 0.3) is 11.8 Å². The Hall–Kier alpha value is -4.11. The number of hydrogen-bond acceptors (Lipinski definition) is 5. The molecule has 1 spiro atoms. The molecule has 2 aliphatic heterocycles. The summed E-state index contributed by atoms with van der Waals surface area (Å²) in [6.07, 6.45) is 2.31. The number of aryl methyl sites for hydroxylation is 1. The van der Waals surface area contributed by atoms with E-state index in [2.05, 4.69) is 10.3 Å². The number of ether oxygens (including phenoxy) is 1. The van der Waals surface area contributed by atoms with E-state index in [9.17, 15) is 18.8 Å². The molecule has 0 bridgehead atoms.